The summed E-state index contributed by atoms with van der Waals surface area (Å²) in [6.45, 7) is -12.3. The molecule has 0 aromatic carbocycles. The minimum Gasteiger partial charge on any atom is -0.394 e. The second-order valence-corrected chi connectivity index (χ2v) is 25.8. The summed E-state index contributed by atoms with van der Waals surface area (Å²) in [5.41, 5.74) is 17.3. The molecule has 0 amide bonds. The maximum Gasteiger partial charge on any atom is 0.472 e. The Morgan fingerprint density at radius 3 is 1.74 bits per heavy atom. The van der Waals surface area contributed by atoms with Crippen LogP contribution in [-0.4, -0.2) is 194 Å². The molecule has 42 heteroatoms. The molecule has 4 aliphatic heterocycles. The predicted octanol–water partition coefficient (Wildman–Crippen LogP) is -1.29. The lowest BCUT2D eigenvalue weighted by molar-refractivity contribution is -0.164. The van der Waals surface area contributed by atoms with Gasteiger partial charge in [0.15, 0.2) is 53.1 Å². The third-order valence-electron chi connectivity index (χ3n) is 12.7. The predicted molar refractivity (Wildman–Crippen MR) is 266 cm³/mol. The average Bonchev–Trinajstić information content (AvgIpc) is 4.35. The van der Waals surface area contributed by atoms with Gasteiger partial charge in [0.2, 0.25) is 0 Å². The molecular formula is C36H49N15O21P4S2. The van der Waals surface area contributed by atoms with Crippen LogP contribution in [0.4, 0.5) is 17.5 Å². The van der Waals surface area contributed by atoms with Crippen molar-refractivity contribution in [1.29, 1.82) is 0 Å². The number of methoxy groups -OCH3 is 1. The van der Waals surface area contributed by atoms with E-state index in [1.54, 1.807) is 0 Å². The molecule has 10 heterocycles. The minimum atomic E-state index is -5.37. The minimum absolute atomic E-state index is 0.0306. The Balaban J connectivity index is 0.895. The number of aromatic nitrogens is 12. The first kappa shape index (κ1) is 57.3. The summed E-state index contributed by atoms with van der Waals surface area (Å²) in [4.78, 5) is 91.6. The molecule has 4 aliphatic rings. The third kappa shape index (κ3) is 11.6. The molecule has 15 atom stereocenters. The van der Waals surface area contributed by atoms with Crippen molar-refractivity contribution < 1.29 is 99.2 Å². The molecule has 0 spiro atoms. The van der Waals surface area contributed by atoms with Crippen molar-refractivity contribution in [1.82, 2.24) is 58.6 Å². The van der Waals surface area contributed by atoms with Crippen LogP contribution in [0.1, 0.15) is 31.5 Å². The van der Waals surface area contributed by atoms with E-state index < -0.39 is 135 Å². The number of phosphoric ester groups is 2. The highest BCUT2D eigenvalue weighted by atomic mass is 32.5. The standard InChI is InChI=1S/C36H49N15O21P4S2/c1-61-22-17(8-64-73(54,55)63-6-4-52)68-34(50-14-47-19-28(38)41-11-44-31(19)50)24(22)70-74(56,57)65-7-16-21(53)23(33(67-16)49-13-46-18-27(37)40-10-43-30(18)49)72-76(60,78)66-9-36-3-2-5-62-26(36)25(71-75(58,59)77)35(69-36)51-15-48-20-29(39)42-12-45-32(20)51/h10-17,21-26,33-35,52-53H,2-9H2,1H3,(H,54,55)(H,56,57)(H,60,78)(H2,37,40,43)(H2,38,41,44)(H2,39,42,45)(H2,58,59,77)/t16-,17-,21+,22+,23?,24?,25?,26-,33-,34-,35-,36-,76?/m1/s1. The summed E-state index contributed by atoms with van der Waals surface area (Å²) >= 11 is 10.4. The van der Waals surface area contributed by atoms with Gasteiger partial charge in [0.1, 0.15) is 90.0 Å². The number of fused-ring (bicyclic) bond motifs is 4. The number of phosphoric acid groups is 2. The lowest BCUT2D eigenvalue weighted by atomic mass is 9.89. The second kappa shape index (κ2) is 22.4. The Morgan fingerprint density at radius 1 is 0.667 bits per heavy atom. The van der Waals surface area contributed by atoms with E-state index in [9.17, 15) is 38.7 Å². The van der Waals surface area contributed by atoms with Gasteiger partial charge in [-0.3, -0.25) is 40.8 Å². The maximum absolute atomic E-state index is 14.1. The van der Waals surface area contributed by atoms with Crippen molar-refractivity contribution >= 4 is 104 Å². The van der Waals surface area contributed by atoms with Gasteiger partial charge in [0.25, 0.3) is 0 Å². The molecule has 4 saturated heterocycles. The summed E-state index contributed by atoms with van der Waals surface area (Å²) in [5.74, 6) is -0.0350. The first-order valence-electron chi connectivity index (χ1n) is 22.9. The van der Waals surface area contributed by atoms with E-state index in [0.29, 0.717) is 6.42 Å². The molecule has 426 valence electrons. The van der Waals surface area contributed by atoms with Crippen molar-refractivity contribution in [2.45, 2.75) is 86.0 Å². The Kier molecular flexibility index (Phi) is 16.5. The molecule has 0 radical (unpaired) electrons. The zero-order chi connectivity index (χ0) is 55.5. The fourth-order valence-electron chi connectivity index (χ4n) is 9.44. The van der Waals surface area contributed by atoms with Gasteiger partial charge in [-0.15, -0.1) is 0 Å². The molecule has 0 saturated carbocycles. The van der Waals surface area contributed by atoms with E-state index >= 15 is 0 Å². The Morgan fingerprint density at radius 2 is 1.19 bits per heavy atom. The van der Waals surface area contributed by atoms with Crippen molar-refractivity contribution in [3.8, 4) is 0 Å². The van der Waals surface area contributed by atoms with Gasteiger partial charge < -0.3 is 80.1 Å². The number of hydrogen-bond donors (Lipinski definition) is 10. The number of nitrogen functional groups attached to an aromatic ring is 3. The molecule has 6 unspecified atom stereocenters. The molecule has 36 nitrogen and oxygen atoms in total. The van der Waals surface area contributed by atoms with Gasteiger partial charge >= 0.3 is 29.1 Å². The number of imidazole rings is 3. The van der Waals surface area contributed by atoms with Crippen LogP contribution in [0.25, 0.3) is 33.5 Å². The summed E-state index contributed by atoms with van der Waals surface area (Å²) in [7, 11) is -8.96. The highest BCUT2D eigenvalue weighted by Gasteiger charge is 2.61. The number of aliphatic hydroxyl groups excluding tert-OH is 2. The van der Waals surface area contributed by atoms with E-state index in [1.807, 2.05) is 0 Å². The van der Waals surface area contributed by atoms with Gasteiger partial charge in [-0.05, 0) is 36.5 Å². The van der Waals surface area contributed by atoms with Gasteiger partial charge in [0, 0.05) is 13.7 Å². The number of aliphatic hydroxyl groups is 2. The Labute approximate surface area is 447 Å². The van der Waals surface area contributed by atoms with Gasteiger partial charge in [-0.25, -0.2) is 54.0 Å². The number of nitrogens with zero attached hydrogens (tertiary/aromatic N) is 12. The van der Waals surface area contributed by atoms with Crippen LogP contribution in [0.3, 0.4) is 0 Å². The van der Waals surface area contributed by atoms with Gasteiger partial charge in [0.05, 0.1) is 52.0 Å². The first-order valence-corrected chi connectivity index (χ1v) is 31.1. The van der Waals surface area contributed by atoms with E-state index in [1.165, 1.54) is 46.1 Å². The number of hydrogen-bond acceptors (Lipinski definition) is 30. The molecule has 6 aromatic heterocycles. The molecule has 4 fully saturated rings. The topological polar surface area (TPSA) is 495 Å². The molecule has 78 heavy (non-hydrogen) atoms. The maximum atomic E-state index is 14.1. The Hall–Kier alpha value is -3.95. The zero-order valence-corrected chi connectivity index (χ0v) is 45.2. The molecule has 6 aromatic rings. The normalized spacial score (nSPS) is 30.9. The summed E-state index contributed by atoms with van der Waals surface area (Å²) in [6, 6.07) is 0. The molecule has 0 aliphatic carbocycles. The van der Waals surface area contributed by atoms with Gasteiger partial charge in [-0.1, -0.05) is 0 Å². The van der Waals surface area contributed by atoms with Crippen molar-refractivity contribution in [3.05, 3.63) is 38.0 Å². The van der Waals surface area contributed by atoms with Crippen LogP contribution >= 0.6 is 29.1 Å². The number of nitrogens with two attached hydrogens (primary N) is 3. The van der Waals surface area contributed by atoms with E-state index in [4.69, 9.17) is 101 Å². The fourth-order valence-corrected chi connectivity index (χ4v) is 13.4. The third-order valence-corrected chi connectivity index (χ3v) is 17.0. The summed E-state index contributed by atoms with van der Waals surface area (Å²) in [6.07, 6.45) is -8.65. The zero-order valence-electron chi connectivity index (χ0n) is 40.0. The summed E-state index contributed by atoms with van der Waals surface area (Å²) in [5, 5.41) is 21.1. The smallest absolute Gasteiger partial charge is 0.394 e. The number of rotatable bonds is 22. The lowest BCUT2D eigenvalue weighted by Crippen LogP contribution is -2.51. The second-order valence-electron chi connectivity index (χ2n) is 17.6. The largest absolute Gasteiger partial charge is 0.472 e. The molecule has 13 N–H and O–H groups in total. The highest BCUT2D eigenvalue weighted by Crippen LogP contribution is 2.57. The van der Waals surface area contributed by atoms with E-state index in [0.717, 1.165) is 12.7 Å². The van der Waals surface area contributed by atoms with Gasteiger partial charge in [-0.2, -0.15) is 0 Å². The Bertz CT molecular complexity index is 3370. The monoisotopic (exact) mass is 1220 g/mol. The van der Waals surface area contributed by atoms with E-state index in [2.05, 4.69) is 44.9 Å². The van der Waals surface area contributed by atoms with Crippen LogP contribution in [0.15, 0.2) is 38.0 Å². The van der Waals surface area contributed by atoms with E-state index in [-0.39, 0.29) is 64.0 Å². The molecular weight excluding hydrogens is 1170 g/mol. The first-order chi connectivity index (χ1) is 37.0. The number of ether oxygens (including phenoxy) is 5. The van der Waals surface area contributed by atoms with Crippen LogP contribution in [0, 0.1) is 0 Å². The van der Waals surface area contributed by atoms with Crippen LogP contribution in [0.5, 0.6) is 0 Å². The van der Waals surface area contributed by atoms with Crippen molar-refractivity contribution in [2.24, 2.45) is 0 Å². The number of anilines is 3. The van der Waals surface area contributed by atoms with Crippen LogP contribution in [-0.2, 0) is 88.1 Å². The van der Waals surface area contributed by atoms with Crippen LogP contribution < -0.4 is 17.2 Å². The highest BCUT2D eigenvalue weighted by molar-refractivity contribution is 8.07. The average molecular weight is 1220 g/mol. The van der Waals surface area contributed by atoms with Crippen molar-refractivity contribution in [3.63, 3.8) is 0 Å². The molecule has 0 bridgehead atoms. The fraction of sp³-hybridized carbons (Fsp3) is 0.583. The SMILES string of the molecule is CO[C@@H]1C(OP(=O)(O)OC[C@H]2O[C@@H](n3cnc4c(N)ncnc43)C(OP(O)(=S)OC[C@]34CCCO[C@@H]3C(OP(O)(O)=S)[C@H](n3cnc5c(N)ncnc53)O4)[C@H]2O)[C@H](n2cnc3c(N)ncnc32)O[C@@H]1COP(=O)(O)OCCO. The van der Waals surface area contributed by atoms with Crippen molar-refractivity contribution in [2.75, 3.05) is 64.0 Å². The lowest BCUT2D eigenvalue weighted by Gasteiger charge is -2.39. The quantitative estimate of drug-likeness (QED) is 0.0354. The van der Waals surface area contributed by atoms with Crippen LogP contribution in [0.2, 0.25) is 0 Å². The molecule has 10 rings (SSSR count). The summed E-state index contributed by atoms with van der Waals surface area (Å²) < 4.78 is 100.